The minimum absolute atomic E-state index is 0.0511. The van der Waals surface area contributed by atoms with Crippen molar-refractivity contribution in [3.63, 3.8) is 0 Å². The SMILES string of the molecule is CCCCC/C=C\CCCCCCCC(=O)OC(COC(C)=O)COP(=O)(O)OCCN. The van der Waals surface area contributed by atoms with Crippen LogP contribution in [0.1, 0.15) is 84.5 Å². The maximum absolute atomic E-state index is 12.1. The number of ether oxygens (including phenoxy) is 2. The minimum Gasteiger partial charge on any atom is -0.462 e. The Morgan fingerprint density at radius 2 is 1.59 bits per heavy atom. The third-order valence-electron chi connectivity index (χ3n) is 4.46. The van der Waals surface area contributed by atoms with E-state index in [-0.39, 0.29) is 26.2 Å². The van der Waals surface area contributed by atoms with E-state index in [0.29, 0.717) is 6.42 Å². The van der Waals surface area contributed by atoms with Gasteiger partial charge < -0.3 is 20.1 Å². The standard InChI is InChI=1S/C22H42NO8P/c1-3-4-5-6-7-8-9-10-11-12-13-14-15-22(25)31-21(18-28-20(2)24)19-30-32(26,27)29-17-16-23/h7-8,21H,3-6,9-19,23H2,1-2H3,(H,26,27)/b8-7-. The number of nitrogens with two attached hydrogens (primary N) is 1. The van der Waals surface area contributed by atoms with Gasteiger partial charge in [-0.15, -0.1) is 0 Å². The zero-order valence-electron chi connectivity index (χ0n) is 19.7. The van der Waals surface area contributed by atoms with Gasteiger partial charge in [0.25, 0.3) is 0 Å². The van der Waals surface area contributed by atoms with E-state index in [0.717, 1.165) is 38.5 Å². The molecule has 0 aliphatic heterocycles. The number of allylic oxidation sites excluding steroid dienone is 2. The highest BCUT2D eigenvalue weighted by Crippen LogP contribution is 2.43. The molecule has 0 aliphatic rings. The van der Waals surface area contributed by atoms with Crippen molar-refractivity contribution in [2.75, 3.05) is 26.4 Å². The second-order valence-corrected chi connectivity index (χ2v) is 9.03. The van der Waals surface area contributed by atoms with E-state index in [1.54, 1.807) is 0 Å². The first-order valence-electron chi connectivity index (χ1n) is 11.6. The smallest absolute Gasteiger partial charge is 0.462 e. The van der Waals surface area contributed by atoms with Gasteiger partial charge in [-0.1, -0.05) is 51.2 Å². The fourth-order valence-electron chi connectivity index (χ4n) is 2.76. The summed E-state index contributed by atoms with van der Waals surface area (Å²) in [6, 6.07) is 0. The summed E-state index contributed by atoms with van der Waals surface area (Å²) in [6.07, 6.45) is 14.7. The normalized spacial score (nSPS) is 14.2. The molecule has 2 unspecified atom stereocenters. The number of phosphoric acid groups is 1. The van der Waals surface area contributed by atoms with Crippen molar-refractivity contribution >= 4 is 19.8 Å². The molecular formula is C22H42NO8P. The minimum atomic E-state index is -4.32. The van der Waals surface area contributed by atoms with Crippen molar-refractivity contribution in [1.82, 2.24) is 0 Å². The van der Waals surface area contributed by atoms with Gasteiger partial charge in [0.15, 0.2) is 6.10 Å². The summed E-state index contributed by atoms with van der Waals surface area (Å²) in [6.45, 7) is 2.60. The summed E-state index contributed by atoms with van der Waals surface area (Å²) in [5, 5.41) is 0. The van der Waals surface area contributed by atoms with Gasteiger partial charge in [-0.05, 0) is 32.1 Å². The fourth-order valence-corrected chi connectivity index (χ4v) is 3.53. The van der Waals surface area contributed by atoms with Crippen LogP contribution in [-0.4, -0.2) is 49.3 Å². The molecule has 9 nitrogen and oxygen atoms in total. The van der Waals surface area contributed by atoms with Crippen LogP contribution in [-0.2, 0) is 32.7 Å². The predicted octanol–water partition coefficient (Wildman–Crippen LogP) is 4.42. The summed E-state index contributed by atoms with van der Waals surface area (Å²) in [5.74, 6) is -1.04. The zero-order chi connectivity index (χ0) is 24.1. The van der Waals surface area contributed by atoms with E-state index in [2.05, 4.69) is 23.6 Å². The number of unbranched alkanes of at least 4 members (excludes halogenated alkanes) is 8. The van der Waals surface area contributed by atoms with E-state index in [4.69, 9.17) is 19.7 Å². The van der Waals surface area contributed by atoms with Gasteiger partial charge in [0, 0.05) is 19.9 Å². The van der Waals surface area contributed by atoms with E-state index in [1.165, 1.54) is 26.2 Å². The van der Waals surface area contributed by atoms with Crippen molar-refractivity contribution < 1.29 is 37.6 Å². The van der Waals surface area contributed by atoms with Crippen molar-refractivity contribution in [2.45, 2.75) is 90.6 Å². The molecule has 0 aromatic carbocycles. The van der Waals surface area contributed by atoms with Crippen molar-refractivity contribution in [3.8, 4) is 0 Å². The number of hydrogen-bond donors (Lipinski definition) is 2. The molecule has 0 saturated carbocycles. The number of carbonyl (C=O) groups excluding carboxylic acids is 2. The van der Waals surface area contributed by atoms with Crippen LogP contribution >= 0.6 is 7.82 Å². The molecule has 0 radical (unpaired) electrons. The number of rotatable bonds is 21. The molecule has 0 rings (SSSR count). The lowest BCUT2D eigenvalue weighted by Crippen LogP contribution is -2.29. The van der Waals surface area contributed by atoms with Crippen LogP contribution in [0.3, 0.4) is 0 Å². The summed E-state index contributed by atoms with van der Waals surface area (Å²) >= 11 is 0. The molecule has 0 spiro atoms. The Kier molecular flexibility index (Phi) is 19.6. The van der Waals surface area contributed by atoms with Crippen molar-refractivity contribution in [3.05, 3.63) is 12.2 Å². The van der Waals surface area contributed by atoms with Gasteiger partial charge >= 0.3 is 19.8 Å². The Balaban J connectivity index is 4.05. The number of esters is 2. The molecule has 0 aliphatic carbocycles. The predicted molar refractivity (Wildman–Crippen MR) is 123 cm³/mol. The van der Waals surface area contributed by atoms with Gasteiger partial charge in [0.2, 0.25) is 0 Å². The lowest BCUT2D eigenvalue weighted by atomic mass is 10.1. The van der Waals surface area contributed by atoms with E-state index >= 15 is 0 Å². The Morgan fingerprint density at radius 1 is 0.969 bits per heavy atom. The zero-order valence-corrected chi connectivity index (χ0v) is 20.6. The number of carbonyl (C=O) groups is 2. The molecule has 0 amide bonds. The first kappa shape index (κ1) is 30.8. The topological polar surface area (TPSA) is 134 Å². The Morgan fingerprint density at radius 3 is 2.22 bits per heavy atom. The molecule has 0 aromatic heterocycles. The Bertz CT molecular complexity index is 570. The lowest BCUT2D eigenvalue weighted by Gasteiger charge is -2.19. The molecular weight excluding hydrogens is 437 g/mol. The summed E-state index contributed by atoms with van der Waals surface area (Å²) in [5.41, 5.74) is 5.21. The molecule has 0 bridgehead atoms. The van der Waals surface area contributed by atoms with Gasteiger partial charge in [-0.2, -0.15) is 0 Å². The van der Waals surface area contributed by atoms with Crippen LogP contribution in [0.15, 0.2) is 12.2 Å². The van der Waals surface area contributed by atoms with Gasteiger partial charge in [0.1, 0.15) is 6.61 Å². The lowest BCUT2D eigenvalue weighted by molar-refractivity contribution is -0.160. The monoisotopic (exact) mass is 479 g/mol. The quantitative estimate of drug-likeness (QED) is 0.106. The van der Waals surface area contributed by atoms with Crippen LogP contribution < -0.4 is 5.73 Å². The first-order chi connectivity index (χ1) is 15.3. The largest absolute Gasteiger partial charge is 0.472 e. The Labute approximate surface area is 192 Å². The molecule has 0 fully saturated rings. The highest BCUT2D eigenvalue weighted by Gasteiger charge is 2.25. The van der Waals surface area contributed by atoms with Crippen LogP contribution in [0.2, 0.25) is 0 Å². The highest BCUT2D eigenvalue weighted by molar-refractivity contribution is 7.47. The molecule has 0 saturated heterocycles. The van der Waals surface area contributed by atoms with E-state index < -0.39 is 32.5 Å². The molecule has 10 heteroatoms. The molecule has 0 heterocycles. The average molecular weight is 480 g/mol. The van der Waals surface area contributed by atoms with Crippen LogP contribution in [0.4, 0.5) is 0 Å². The van der Waals surface area contributed by atoms with Gasteiger partial charge in [-0.3, -0.25) is 18.6 Å². The average Bonchev–Trinajstić information content (AvgIpc) is 2.75. The van der Waals surface area contributed by atoms with Crippen molar-refractivity contribution in [2.24, 2.45) is 5.73 Å². The summed E-state index contributed by atoms with van der Waals surface area (Å²) < 4.78 is 31.2. The van der Waals surface area contributed by atoms with Crippen LogP contribution in [0, 0.1) is 0 Å². The molecule has 3 N–H and O–H groups in total. The highest BCUT2D eigenvalue weighted by atomic mass is 31.2. The van der Waals surface area contributed by atoms with Gasteiger partial charge in [0.05, 0.1) is 13.2 Å². The summed E-state index contributed by atoms with van der Waals surface area (Å²) in [4.78, 5) is 32.6. The van der Waals surface area contributed by atoms with Crippen LogP contribution in [0.25, 0.3) is 0 Å². The van der Waals surface area contributed by atoms with E-state index in [1.807, 2.05) is 0 Å². The molecule has 188 valence electrons. The number of hydrogen-bond acceptors (Lipinski definition) is 8. The third kappa shape index (κ3) is 20.6. The maximum Gasteiger partial charge on any atom is 0.472 e. The second kappa shape index (κ2) is 20.4. The first-order valence-corrected chi connectivity index (χ1v) is 13.1. The maximum atomic E-state index is 12.1. The van der Waals surface area contributed by atoms with Crippen LogP contribution in [0.5, 0.6) is 0 Å². The summed E-state index contributed by atoms with van der Waals surface area (Å²) in [7, 11) is -4.32. The number of phosphoric ester groups is 1. The van der Waals surface area contributed by atoms with Gasteiger partial charge in [-0.25, -0.2) is 4.57 Å². The molecule has 0 aromatic rings. The molecule has 32 heavy (non-hydrogen) atoms. The fraction of sp³-hybridized carbons (Fsp3) is 0.818. The third-order valence-corrected chi connectivity index (χ3v) is 5.44. The van der Waals surface area contributed by atoms with Crippen molar-refractivity contribution in [1.29, 1.82) is 0 Å². The van der Waals surface area contributed by atoms with E-state index in [9.17, 15) is 19.0 Å². The molecule has 2 atom stereocenters. The Hall–Kier alpha value is -1.25. The second-order valence-electron chi connectivity index (χ2n) is 7.57.